The van der Waals surface area contributed by atoms with Gasteiger partial charge in [0.15, 0.2) is 0 Å². The zero-order valence-corrected chi connectivity index (χ0v) is 17.5. The highest BCUT2D eigenvalue weighted by atomic mass is 16.2. The van der Waals surface area contributed by atoms with E-state index in [1.54, 1.807) is 0 Å². The smallest absolute Gasteiger partial charge is 0.234 e. The van der Waals surface area contributed by atoms with Crippen LogP contribution in [0.1, 0.15) is 69.4 Å². The maximum Gasteiger partial charge on any atom is 0.234 e. The van der Waals surface area contributed by atoms with Gasteiger partial charge in [-0.15, -0.1) is 0 Å². The third-order valence-corrected chi connectivity index (χ3v) is 7.04. The van der Waals surface area contributed by atoms with Gasteiger partial charge in [-0.2, -0.15) is 0 Å². The summed E-state index contributed by atoms with van der Waals surface area (Å²) < 4.78 is 0. The lowest BCUT2D eigenvalue weighted by Crippen LogP contribution is -2.51. The zero-order chi connectivity index (χ0) is 20.1. The number of rotatable bonds is 7. The number of hydrogen-bond acceptors (Lipinski definition) is 3. The predicted octanol–water partition coefficient (Wildman–Crippen LogP) is 3.51. The van der Waals surface area contributed by atoms with Crippen molar-refractivity contribution in [2.45, 2.75) is 69.9 Å². The first-order chi connectivity index (χ1) is 14.2. The third-order valence-electron chi connectivity index (χ3n) is 7.04. The Hall–Kier alpha value is -1.88. The van der Waals surface area contributed by atoms with Crippen LogP contribution in [-0.2, 0) is 9.59 Å². The van der Waals surface area contributed by atoms with Crippen LogP contribution >= 0.6 is 0 Å². The average molecular weight is 398 g/mol. The van der Waals surface area contributed by atoms with Crippen LogP contribution < -0.4 is 5.32 Å². The fourth-order valence-corrected chi connectivity index (χ4v) is 5.45. The number of piperidine rings is 1. The number of amides is 2. The van der Waals surface area contributed by atoms with Crippen molar-refractivity contribution < 1.29 is 9.59 Å². The van der Waals surface area contributed by atoms with Crippen LogP contribution in [0.4, 0.5) is 0 Å². The number of carbonyl (C=O) groups excluding carboxylic acids is 2. The SMILES string of the molecule is O=C(CN1CCCCC1CN1CCCC1=O)NC(c1ccccc1)C1CCCC1. The summed E-state index contributed by atoms with van der Waals surface area (Å²) in [6.07, 6.45) is 10.0. The highest BCUT2D eigenvalue weighted by Crippen LogP contribution is 2.35. The monoisotopic (exact) mass is 397 g/mol. The highest BCUT2D eigenvalue weighted by Gasteiger charge is 2.31. The second-order valence-electron chi connectivity index (χ2n) is 9.06. The number of benzene rings is 1. The summed E-state index contributed by atoms with van der Waals surface area (Å²) in [5.74, 6) is 0.955. The molecule has 1 saturated carbocycles. The fraction of sp³-hybridized carbons (Fsp3) is 0.667. The summed E-state index contributed by atoms with van der Waals surface area (Å²) in [7, 11) is 0. The average Bonchev–Trinajstić information content (AvgIpc) is 3.41. The van der Waals surface area contributed by atoms with Crippen molar-refractivity contribution in [1.29, 1.82) is 0 Å². The van der Waals surface area contributed by atoms with E-state index in [0.29, 0.717) is 24.9 Å². The molecule has 3 aliphatic rings. The van der Waals surface area contributed by atoms with Gasteiger partial charge < -0.3 is 10.2 Å². The Bertz CT molecular complexity index is 687. The van der Waals surface area contributed by atoms with Gasteiger partial charge in [-0.1, -0.05) is 49.6 Å². The molecular weight excluding hydrogens is 362 g/mol. The van der Waals surface area contributed by atoms with Gasteiger partial charge in [-0.25, -0.2) is 0 Å². The van der Waals surface area contributed by atoms with Crippen LogP contribution in [0.2, 0.25) is 0 Å². The van der Waals surface area contributed by atoms with Crippen molar-refractivity contribution in [3.05, 3.63) is 35.9 Å². The highest BCUT2D eigenvalue weighted by molar-refractivity contribution is 5.79. The molecule has 29 heavy (non-hydrogen) atoms. The number of likely N-dealkylation sites (tertiary alicyclic amines) is 2. The van der Waals surface area contributed by atoms with Gasteiger partial charge >= 0.3 is 0 Å². The lowest BCUT2D eigenvalue weighted by molar-refractivity contribution is -0.128. The largest absolute Gasteiger partial charge is 0.348 e. The Kier molecular flexibility index (Phi) is 6.86. The summed E-state index contributed by atoms with van der Waals surface area (Å²) in [4.78, 5) is 29.4. The van der Waals surface area contributed by atoms with Gasteiger partial charge in [0.05, 0.1) is 12.6 Å². The molecule has 4 rings (SSSR count). The van der Waals surface area contributed by atoms with E-state index >= 15 is 0 Å². The summed E-state index contributed by atoms with van der Waals surface area (Å²) in [6.45, 7) is 3.08. The van der Waals surface area contributed by atoms with E-state index in [1.807, 2.05) is 11.0 Å². The standard InChI is InChI=1S/C24H35N3O2/c28-22(25-24(20-11-4-5-12-20)19-9-2-1-3-10-19)18-26-15-7-6-13-21(26)17-27-16-8-14-23(27)29/h1-3,9-10,20-21,24H,4-8,11-18H2,(H,25,28). The number of nitrogens with zero attached hydrogens (tertiary/aromatic N) is 2. The zero-order valence-electron chi connectivity index (χ0n) is 17.5. The molecule has 0 spiro atoms. The van der Waals surface area contributed by atoms with E-state index in [-0.39, 0.29) is 17.9 Å². The van der Waals surface area contributed by atoms with Crippen LogP contribution in [0.15, 0.2) is 30.3 Å². The first kappa shape index (κ1) is 20.4. The molecule has 2 aliphatic heterocycles. The Labute approximate surface area is 174 Å². The van der Waals surface area contributed by atoms with Crippen LogP contribution in [-0.4, -0.2) is 53.8 Å². The summed E-state index contributed by atoms with van der Waals surface area (Å²) >= 11 is 0. The molecule has 0 radical (unpaired) electrons. The molecule has 2 heterocycles. The molecule has 1 N–H and O–H groups in total. The van der Waals surface area contributed by atoms with E-state index in [0.717, 1.165) is 38.9 Å². The van der Waals surface area contributed by atoms with Crippen molar-refractivity contribution in [3.8, 4) is 0 Å². The molecule has 2 unspecified atom stereocenters. The van der Waals surface area contributed by atoms with Gasteiger partial charge in [-0.05, 0) is 50.1 Å². The Morgan fingerprint density at radius 1 is 1.00 bits per heavy atom. The van der Waals surface area contributed by atoms with Crippen molar-refractivity contribution in [2.24, 2.45) is 5.92 Å². The molecule has 158 valence electrons. The second-order valence-corrected chi connectivity index (χ2v) is 9.06. The molecule has 3 fully saturated rings. The molecule has 1 aromatic carbocycles. The molecule has 1 aromatic rings. The van der Waals surface area contributed by atoms with E-state index in [1.165, 1.54) is 37.7 Å². The van der Waals surface area contributed by atoms with E-state index in [2.05, 4.69) is 34.5 Å². The molecular formula is C24H35N3O2. The molecule has 2 saturated heterocycles. The first-order valence-corrected chi connectivity index (χ1v) is 11.6. The molecule has 2 amide bonds. The van der Waals surface area contributed by atoms with Gasteiger partial charge in [-0.3, -0.25) is 14.5 Å². The van der Waals surface area contributed by atoms with Crippen molar-refractivity contribution >= 4 is 11.8 Å². The lowest BCUT2D eigenvalue weighted by atomic mass is 9.91. The van der Waals surface area contributed by atoms with Gasteiger partial charge in [0.2, 0.25) is 11.8 Å². The Balaban J connectivity index is 1.38. The number of hydrogen-bond donors (Lipinski definition) is 1. The molecule has 5 nitrogen and oxygen atoms in total. The van der Waals surface area contributed by atoms with Crippen molar-refractivity contribution in [3.63, 3.8) is 0 Å². The van der Waals surface area contributed by atoms with Gasteiger partial charge in [0.1, 0.15) is 0 Å². The van der Waals surface area contributed by atoms with Crippen LogP contribution in [0.25, 0.3) is 0 Å². The summed E-state index contributed by atoms with van der Waals surface area (Å²) in [5.41, 5.74) is 1.23. The maximum atomic E-state index is 13.1. The minimum absolute atomic E-state index is 0.120. The quantitative estimate of drug-likeness (QED) is 0.766. The van der Waals surface area contributed by atoms with Crippen molar-refractivity contribution in [2.75, 3.05) is 26.2 Å². The number of carbonyl (C=O) groups is 2. The normalized spacial score (nSPS) is 24.8. The van der Waals surface area contributed by atoms with Gasteiger partial charge in [0.25, 0.3) is 0 Å². The fourth-order valence-electron chi connectivity index (χ4n) is 5.45. The predicted molar refractivity (Wildman–Crippen MR) is 114 cm³/mol. The summed E-state index contributed by atoms with van der Waals surface area (Å²) in [6, 6.07) is 10.9. The molecule has 0 aromatic heterocycles. The molecule has 0 bridgehead atoms. The van der Waals surface area contributed by atoms with E-state index in [9.17, 15) is 9.59 Å². The molecule has 1 aliphatic carbocycles. The molecule has 2 atom stereocenters. The van der Waals surface area contributed by atoms with Crippen molar-refractivity contribution in [1.82, 2.24) is 15.1 Å². The minimum Gasteiger partial charge on any atom is -0.348 e. The van der Waals surface area contributed by atoms with Gasteiger partial charge in [0, 0.05) is 25.6 Å². The third kappa shape index (κ3) is 5.19. The molecule has 5 heteroatoms. The van der Waals surface area contributed by atoms with Crippen LogP contribution in [0, 0.1) is 5.92 Å². The van der Waals surface area contributed by atoms with Crippen LogP contribution in [0.3, 0.4) is 0 Å². The number of nitrogens with one attached hydrogen (secondary N) is 1. The Morgan fingerprint density at radius 2 is 1.76 bits per heavy atom. The van der Waals surface area contributed by atoms with E-state index < -0.39 is 0 Å². The second kappa shape index (κ2) is 9.75. The summed E-state index contributed by atoms with van der Waals surface area (Å²) in [5, 5.41) is 3.38. The lowest BCUT2D eigenvalue weighted by Gasteiger charge is -2.37. The van der Waals surface area contributed by atoms with Crippen LogP contribution in [0.5, 0.6) is 0 Å². The van der Waals surface area contributed by atoms with E-state index in [4.69, 9.17) is 0 Å². The first-order valence-electron chi connectivity index (χ1n) is 11.6. The topological polar surface area (TPSA) is 52.7 Å². The Morgan fingerprint density at radius 3 is 2.48 bits per heavy atom. The minimum atomic E-state index is 0.120. The maximum absolute atomic E-state index is 13.1.